The highest BCUT2D eigenvalue weighted by Gasteiger charge is 2.27. The molecule has 3 rings (SSSR count). The first kappa shape index (κ1) is 22.3. The number of benzene rings is 1. The van der Waals surface area contributed by atoms with Crippen molar-refractivity contribution in [2.45, 2.75) is 31.9 Å². The van der Waals surface area contributed by atoms with Crippen molar-refractivity contribution in [1.82, 2.24) is 15.2 Å². The predicted molar refractivity (Wildman–Crippen MR) is 114 cm³/mol. The highest BCUT2D eigenvalue weighted by atomic mass is 35.5. The molecule has 1 aromatic heterocycles. The van der Waals surface area contributed by atoms with Crippen LogP contribution >= 0.6 is 23.2 Å². The number of pyridine rings is 1. The molecule has 30 heavy (non-hydrogen) atoms. The normalized spacial score (nSPS) is 15.4. The molecule has 1 aliphatic rings. The quantitative estimate of drug-likeness (QED) is 0.595. The van der Waals surface area contributed by atoms with Gasteiger partial charge in [-0.1, -0.05) is 29.6 Å². The fraction of sp³-hybridized carbons (Fsp3) is 0.381. The lowest BCUT2D eigenvalue weighted by Gasteiger charge is -2.31. The number of hydrogen-bond donors (Lipinski definition) is 2. The SMILES string of the molecule is O=C(NCC(C(=O)O)N1CCCCC1)c1ccc(OCc2cc(Cl)nc(Cl)c2)cc1. The second kappa shape index (κ2) is 10.6. The Bertz CT molecular complexity index is 866. The molecule has 1 unspecified atom stereocenters. The van der Waals surface area contributed by atoms with Gasteiger partial charge in [-0.15, -0.1) is 0 Å². The first-order chi connectivity index (χ1) is 14.4. The molecular weight excluding hydrogens is 429 g/mol. The summed E-state index contributed by atoms with van der Waals surface area (Å²) in [5, 5.41) is 12.8. The standard InChI is InChI=1S/C21H23Cl2N3O4/c22-18-10-14(11-19(23)25-18)13-30-16-6-4-15(5-7-16)20(27)24-12-17(21(28)29)26-8-2-1-3-9-26/h4-7,10-11,17H,1-3,8-9,12-13H2,(H,24,27)(H,28,29). The number of nitrogens with one attached hydrogen (secondary N) is 1. The zero-order valence-electron chi connectivity index (χ0n) is 16.3. The Balaban J connectivity index is 1.53. The summed E-state index contributed by atoms with van der Waals surface area (Å²) in [6.45, 7) is 1.80. The van der Waals surface area contributed by atoms with Crippen LogP contribution in [0.25, 0.3) is 0 Å². The molecule has 160 valence electrons. The second-order valence-electron chi connectivity index (χ2n) is 7.09. The van der Waals surface area contributed by atoms with E-state index in [-0.39, 0.29) is 29.4 Å². The number of ether oxygens (including phenoxy) is 1. The van der Waals surface area contributed by atoms with E-state index in [0.717, 1.165) is 37.9 Å². The fourth-order valence-corrected chi connectivity index (χ4v) is 3.87. The van der Waals surface area contributed by atoms with Gasteiger partial charge in [-0.2, -0.15) is 0 Å². The van der Waals surface area contributed by atoms with Gasteiger partial charge in [0.25, 0.3) is 5.91 Å². The summed E-state index contributed by atoms with van der Waals surface area (Å²) < 4.78 is 5.68. The number of aromatic nitrogens is 1. The number of aliphatic carboxylic acids is 1. The van der Waals surface area contributed by atoms with E-state index in [9.17, 15) is 14.7 Å². The van der Waals surface area contributed by atoms with E-state index in [1.807, 2.05) is 4.90 Å². The number of carbonyl (C=O) groups excluding carboxylic acids is 1. The number of halogens is 2. The zero-order valence-corrected chi connectivity index (χ0v) is 17.8. The highest BCUT2D eigenvalue weighted by molar-refractivity contribution is 6.32. The first-order valence-corrected chi connectivity index (χ1v) is 10.5. The van der Waals surface area contributed by atoms with E-state index in [4.69, 9.17) is 27.9 Å². The Morgan fingerprint density at radius 2 is 1.73 bits per heavy atom. The van der Waals surface area contributed by atoms with Crippen molar-refractivity contribution in [3.8, 4) is 5.75 Å². The van der Waals surface area contributed by atoms with Gasteiger partial charge in [0.15, 0.2) is 0 Å². The third kappa shape index (κ3) is 6.32. The van der Waals surface area contributed by atoms with Gasteiger partial charge in [-0.05, 0) is 67.9 Å². The number of hydrogen-bond acceptors (Lipinski definition) is 5. The number of carboxylic acid groups (broad SMARTS) is 1. The number of carbonyl (C=O) groups is 2. The summed E-state index contributed by atoms with van der Waals surface area (Å²) in [7, 11) is 0. The molecule has 7 nitrogen and oxygen atoms in total. The average molecular weight is 452 g/mol. The van der Waals surface area contributed by atoms with Crippen LogP contribution in [0, 0.1) is 0 Å². The van der Waals surface area contributed by atoms with Crippen LogP contribution in [-0.2, 0) is 11.4 Å². The van der Waals surface area contributed by atoms with Crippen molar-refractivity contribution in [3.05, 3.63) is 57.8 Å². The average Bonchev–Trinajstić information content (AvgIpc) is 2.72. The minimum absolute atomic E-state index is 0.0655. The van der Waals surface area contributed by atoms with Gasteiger partial charge in [0, 0.05) is 12.1 Å². The zero-order chi connectivity index (χ0) is 21.5. The van der Waals surface area contributed by atoms with Crippen LogP contribution in [0.3, 0.4) is 0 Å². The third-order valence-corrected chi connectivity index (χ3v) is 5.30. The van der Waals surface area contributed by atoms with Crippen molar-refractivity contribution >= 4 is 35.1 Å². The minimum atomic E-state index is -0.919. The van der Waals surface area contributed by atoms with Crippen LogP contribution in [0.4, 0.5) is 0 Å². The van der Waals surface area contributed by atoms with Crippen molar-refractivity contribution in [1.29, 1.82) is 0 Å². The summed E-state index contributed by atoms with van der Waals surface area (Å²) in [6, 6.07) is 9.24. The molecule has 2 N–H and O–H groups in total. The molecule has 0 spiro atoms. The summed E-state index contributed by atoms with van der Waals surface area (Å²) in [5.41, 5.74) is 1.21. The number of carboxylic acids is 1. The lowest BCUT2D eigenvalue weighted by Crippen LogP contribution is -2.50. The van der Waals surface area contributed by atoms with E-state index in [1.165, 1.54) is 0 Å². The van der Waals surface area contributed by atoms with Crippen LogP contribution < -0.4 is 10.1 Å². The summed E-state index contributed by atoms with van der Waals surface area (Å²) >= 11 is 11.7. The van der Waals surface area contributed by atoms with Crippen LogP contribution in [-0.4, -0.2) is 52.5 Å². The Labute approximate surface area is 184 Å². The molecule has 1 aliphatic heterocycles. The molecule has 1 amide bonds. The molecular formula is C21H23Cl2N3O4. The number of amides is 1. The van der Waals surface area contributed by atoms with Gasteiger partial charge in [-0.25, -0.2) is 4.98 Å². The summed E-state index contributed by atoms with van der Waals surface area (Å²) in [5.74, 6) is -0.665. The van der Waals surface area contributed by atoms with Crippen LogP contribution in [0.5, 0.6) is 5.75 Å². The van der Waals surface area contributed by atoms with E-state index in [2.05, 4.69) is 10.3 Å². The minimum Gasteiger partial charge on any atom is -0.489 e. The molecule has 0 saturated carbocycles. The molecule has 1 atom stereocenters. The molecule has 1 aromatic carbocycles. The van der Waals surface area contributed by atoms with Crippen molar-refractivity contribution in [2.24, 2.45) is 0 Å². The smallest absolute Gasteiger partial charge is 0.322 e. The number of rotatable bonds is 8. The predicted octanol–water partition coefficient (Wildman–Crippen LogP) is 3.64. The topological polar surface area (TPSA) is 91.8 Å². The summed E-state index contributed by atoms with van der Waals surface area (Å²) in [4.78, 5) is 29.8. The van der Waals surface area contributed by atoms with Gasteiger partial charge < -0.3 is 15.2 Å². The van der Waals surface area contributed by atoms with E-state index < -0.39 is 12.0 Å². The third-order valence-electron chi connectivity index (χ3n) is 4.92. The van der Waals surface area contributed by atoms with Gasteiger partial charge in [0.1, 0.15) is 28.7 Å². The fourth-order valence-electron chi connectivity index (χ4n) is 3.36. The molecule has 0 radical (unpaired) electrons. The Morgan fingerprint density at radius 1 is 1.10 bits per heavy atom. The monoisotopic (exact) mass is 451 g/mol. The van der Waals surface area contributed by atoms with E-state index >= 15 is 0 Å². The Kier molecular flexibility index (Phi) is 7.90. The molecule has 1 fully saturated rings. The second-order valence-corrected chi connectivity index (χ2v) is 7.87. The van der Waals surface area contributed by atoms with Crippen molar-refractivity contribution in [2.75, 3.05) is 19.6 Å². The molecule has 2 aromatic rings. The molecule has 9 heteroatoms. The molecule has 0 aliphatic carbocycles. The number of nitrogens with zero attached hydrogens (tertiary/aromatic N) is 2. The number of piperidine rings is 1. The largest absolute Gasteiger partial charge is 0.489 e. The lowest BCUT2D eigenvalue weighted by atomic mass is 10.1. The number of likely N-dealkylation sites (tertiary alicyclic amines) is 1. The van der Waals surface area contributed by atoms with Crippen LogP contribution in [0.1, 0.15) is 35.2 Å². The highest BCUT2D eigenvalue weighted by Crippen LogP contribution is 2.18. The maximum Gasteiger partial charge on any atom is 0.322 e. The van der Waals surface area contributed by atoms with E-state index in [0.29, 0.717) is 11.3 Å². The molecule has 1 saturated heterocycles. The van der Waals surface area contributed by atoms with Gasteiger partial charge in [0.2, 0.25) is 0 Å². The van der Waals surface area contributed by atoms with Crippen molar-refractivity contribution < 1.29 is 19.4 Å². The lowest BCUT2D eigenvalue weighted by molar-refractivity contribution is -0.143. The Morgan fingerprint density at radius 3 is 2.33 bits per heavy atom. The van der Waals surface area contributed by atoms with Crippen LogP contribution in [0.2, 0.25) is 10.3 Å². The van der Waals surface area contributed by atoms with Gasteiger partial charge in [-0.3, -0.25) is 14.5 Å². The molecule has 0 bridgehead atoms. The molecule has 2 heterocycles. The van der Waals surface area contributed by atoms with Crippen LogP contribution in [0.15, 0.2) is 36.4 Å². The van der Waals surface area contributed by atoms with Gasteiger partial charge >= 0.3 is 5.97 Å². The van der Waals surface area contributed by atoms with Crippen molar-refractivity contribution in [3.63, 3.8) is 0 Å². The van der Waals surface area contributed by atoms with Gasteiger partial charge in [0.05, 0.1) is 0 Å². The Hall–Kier alpha value is -2.35. The maximum atomic E-state index is 12.4. The van der Waals surface area contributed by atoms with E-state index in [1.54, 1.807) is 36.4 Å². The summed E-state index contributed by atoms with van der Waals surface area (Å²) in [6.07, 6.45) is 3.08. The first-order valence-electron chi connectivity index (χ1n) is 9.72. The maximum absolute atomic E-state index is 12.4.